The molecule has 0 N–H and O–H groups in total. The Hall–Kier alpha value is -0.390. The van der Waals surface area contributed by atoms with Gasteiger partial charge in [-0.05, 0) is 56.5 Å². The van der Waals surface area contributed by atoms with Crippen molar-refractivity contribution in [1.29, 1.82) is 0 Å². The highest BCUT2D eigenvalue weighted by molar-refractivity contribution is 9.28. The molecule has 1 heterocycles. The third-order valence-electron chi connectivity index (χ3n) is 3.07. The summed E-state index contributed by atoms with van der Waals surface area (Å²) in [4.78, 5) is 14.5. The fourth-order valence-electron chi connectivity index (χ4n) is 2.12. The molecule has 1 atom stereocenters. The minimum atomic E-state index is 0.0259. The summed E-state index contributed by atoms with van der Waals surface area (Å²) >= 11 is 10.5. The molecule has 1 unspecified atom stereocenters. The molecule has 0 saturated heterocycles. The Kier molecular flexibility index (Phi) is 5.64. The monoisotopic (exact) mass is 461 g/mol. The normalized spacial score (nSPS) is 16.4. The maximum atomic E-state index is 12.7. The fraction of sp³-hybridized carbons (Fsp3) is 0.267. The Labute approximate surface area is 144 Å². The summed E-state index contributed by atoms with van der Waals surface area (Å²) in [6.45, 7) is 2.11. The number of nitrogens with zero attached hydrogens (tertiary/aromatic N) is 1. The number of benzene rings is 1. The lowest BCUT2D eigenvalue weighted by Gasteiger charge is -2.20. The van der Waals surface area contributed by atoms with Crippen LogP contribution in [-0.4, -0.2) is 10.7 Å². The zero-order valence-corrected chi connectivity index (χ0v) is 15.7. The van der Waals surface area contributed by atoms with E-state index in [0.717, 1.165) is 33.2 Å². The van der Waals surface area contributed by atoms with Crippen molar-refractivity contribution in [2.45, 2.75) is 24.6 Å². The number of carbonyl (C=O) groups excluding carboxylic acids is 1. The number of alkyl halides is 1. The highest BCUT2D eigenvalue weighted by Gasteiger charge is 2.33. The predicted octanol–water partition coefficient (Wildman–Crippen LogP) is 5.48. The summed E-state index contributed by atoms with van der Waals surface area (Å²) in [5.74, 6) is 0.0259. The molecule has 106 valence electrons. The van der Waals surface area contributed by atoms with E-state index in [1.807, 2.05) is 36.4 Å². The van der Waals surface area contributed by atoms with Gasteiger partial charge in [-0.2, -0.15) is 0 Å². The third-order valence-corrected chi connectivity index (χ3v) is 4.83. The van der Waals surface area contributed by atoms with Crippen LogP contribution in [0.25, 0.3) is 0 Å². The van der Waals surface area contributed by atoms with Crippen LogP contribution in [0.2, 0.25) is 0 Å². The Morgan fingerprint density at radius 1 is 1.25 bits per heavy atom. The molecule has 1 amide bonds. The standard InChI is InChI=1S/C15H14Br3NO/c1-2-6-12(16)11-9-13(14(17)18)19(15(11)20)10-7-4-3-5-8-10/h3-5,7-9,12H,2,6H2,1H3. The van der Waals surface area contributed by atoms with Crippen LogP contribution in [0.4, 0.5) is 5.69 Å². The molecular formula is C15H14Br3NO. The van der Waals surface area contributed by atoms with Crippen LogP contribution in [0.5, 0.6) is 0 Å². The SMILES string of the molecule is CCCC(Br)C1=CC(=C(Br)Br)N(c2ccccc2)C1=O. The minimum absolute atomic E-state index is 0.0259. The van der Waals surface area contributed by atoms with Gasteiger partial charge in [-0.3, -0.25) is 9.69 Å². The highest BCUT2D eigenvalue weighted by atomic mass is 79.9. The molecule has 0 aromatic heterocycles. The number of carbonyl (C=O) groups is 1. The van der Waals surface area contributed by atoms with E-state index in [9.17, 15) is 4.79 Å². The Morgan fingerprint density at radius 2 is 1.90 bits per heavy atom. The van der Waals surface area contributed by atoms with Crippen molar-refractivity contribution in [3.63, 3.8) is 0 Å². The van der Waals surface area contributed by atoms with Gasteiger partial charge in [-0.15, -0.1) is 0 Å². The van der Waals surface area contributed by atoms with Crippen molar-refractivity contribution in [2.24, 2.45) is 0 Å². The maximum Gasteiger partial charge on any atom is 0.260 e. The van der Waals surface area contributed by atoms with E-state index in [0.29, 0.717) is 0 Å². The quantitative estimate of drug-likeness (QED) is 0.541. The van der Waals surface area contributed by atoms with Crippen molar-refractivity contribution in [3.8, 4) is 0 Å². The average Bonchev–Trinajstić information content (AvgIpc) is 2.78. The van der Waals surface area contributed by atoms with Crippen LogP contribution in [0.15, 0.2) is 51.1 Å². The number of para-hydroxylation sites is 1. The molecule has 5 heteroatoms. The Bertz CT molecular complexity index is 562. The molecule has 0 aliphatic carbocycles. The smallest absolute Gasteiger partial charge is 0.260 e. The molecule has 1 aliphatic rings. The molecule has 0 radical (unpaired) electrons. The molecule has 1 aliphatic heterocycles. The van der Waals surface area contributed by atoms with Crippen LogP contribution in [-0.2, 0) is 4.79 Å². The van der Waals surface area contributed by atoms with E-state index in [1.54, 1.807) is 4.90 Å². The van der Waals surface area contributed by atoms with Gasteiger partial charge in [0.05, 0.1) is 9.09 Å². The van der Waals surface area contributed by atoms with Gasteiger partial charge < -0.3 is 0 Å². The second-order valence-corrected chi connectivity index (χ2v) is 8.23. The van der Waals surface area contributed by atoms with Crippen LogP contribution in [0, 0.1) is 0 Å². The van der Waals surface area contributed by atoms with Crippen LogP contribution in [0.1, 0.15) is 19.8 Å². The maximum absolute atomic E-state index is 12.7. The molecule has 0 bridgehead atoms. The highest BCUT2D eigenvalue weighted by Crippen LogP contribution is 2.37. The Morgan fingerprint density at radius 3 is 2.45 bits per heavy atom. The van der Waals surface area contributed by atoms with Crippen molar-refractivity contribution < 1.29 is 4.79 Å². The van der Waals surface area contributed by atoms with Crippen LogP contribution in [0.3, 0.4) is 0 Å². The van der Waals surface area contributed by atoms with Crippen LogP contribution >= 0.6 is 47.8 Å². The topological polar surface area (TPSA) is 20.3 Å². The first-order valence-corrected chi connectivity index (χ1v) is 8.86. The summed E-state index contributed by atoms with van der Waals surface area (Å²) in [6.07, 6.45) is 3.90. The Balaban J connectivity index is 2.41. The van der Waals surface area contributed by atoms with E-state index in [4.69, 9.17) is 0 Å². The van der Waals surface area contributed by atoms with Gasteiger partial charge in [0.2, 0.25) is 0 Å². The molecule has 0 spiro atoms. The lowest BCUT2D eigenvalue weighted by Crippen LogP contribution is -2.27. The average molecular weight is 464 g/mol. The van der Waals surface area contributed by atoms with Crippen LogP contribution < -0.4 is 4.90 Å². The molecule has 1 aromatic rings. The number of halogens is 3. The molecular weight excluding hydrogens is 450 g/mol. The lowest BCUT2D eigenvalue weighted by molar-refractivity contribution is -0.114. The van der Waals surface area contributed by atoms with Gasteiger partial charge in [0.1, 0.15) is 0 Å². The molecule has 2 rings (SSSR count). The lowest BCUT2D eigenvalue weighted by atomic mass is 10.1. The second kappa shape index (κ2) is 7.05. The number of rotatable bonds is 4. The van der Waals surface area contributed by atoms with Gasteiger partial charge in [0.25, 0.3) is 5.91 Å². The van der Waals surface area contributed by atoms with E-state index < -0.39 is 0 Å². The first-order chi connectivity index (χ1) is 9.56. The summed E-state index contributed by atoms with van der Waals surface area (Å²) in [5, 5.41) is 0. The summed E-state index contributed by atoms with van der Waals surface area (Å²) in [7, 11) is 0. The molecule has 0 saturated carbocycles. The van der Waals surface area contributed by atoms with Gasteiger partial charge in [-0.1, -0.05) is 47.5 Å². The van der Waals surface area contributed by atoms with E-state index >= 15 is 0 Å². The van der Waals surface area contributed by atoms with Gasteiger partial charge >= 0.3 is 0 Å². The van der Waals surface area contributed by atoms with Gasteiger partial charge in [0, 0.05) is 16.1 Å². The zero-order valence-electron chi connectivity index (χ0n) is 10.9. The minimum Gasteiger partial charge on any atom is -0.276 e. The van der Waals surface area contributed by atoms with Crippen molar-refractivity contribution in [3.05, 3.63) is 51.1 Å². The summed E-state index contributed by atoms with van der Waals surface area (Å²) in [6, 6.07) is 9.66. The fourth-order valence-corrected chi connectivity index (χ4v) is 3.49. The first-order valence-electron chi connectivity index (χ1n) is 6.36. The predicted molar refractivity (Wildman–Crippen MR) is 94.5 cm³/mol. The number of anilines is 1. The van der Waals surface area contributed by atoms with E-state index in [2.05, 4.69) is 54.7 Å². The number of hydrogen-bond acceptors (Lipinski definition) is 1. The molecule has 1 aromatic carbocycles. The summed E-state index contributed by atoms with van der Waals surface area (Å²) in [5.41, 5.74) is 2.49. The molecule has 0 fully saturated rings. The number of hydrogen-bond donors (Lipinski definition) is 0. The second-order valence-electron chi connectivity index (χ2n) is 4.48. The third kappa shape index (κ3) is 3.26. The van der Waals surface area contributed by atoms with Crippen molar-refractivity contribution in [2.75, 3.05) is 4.90 Å². The van der Waals surface area contributed by atoms with Crippen molar-refractivity contribution >= 4 is 59.4 Å². The molecule has 20 heavy (non-hydrogen) atoms. The summed E-state index contributed by atoms with van der Waals surface area (Å²) < 4.78 is 0.772. The largest absolute Gasteiger partial charge is 0.276 e. The number of amides is 1. The van der Waals surface area contributed by atoms with Gasteiger partial charge in [0.15, 0.2) is 0 Å². The number of allylic oxidation sites excluding steroid dienone is 1. The van der Waals surface area contributed by atoms with Crippen molar-refractivity contribution in [1.82, 2.24) is 0 Å². The molecule has 2 nitrogen and oxygen atoms in total. The van der Waals surface area contributed by atoms with Gasteiger partial charge in [-0.25, -0.2) is 0 Å². The zero-order chi connectivity index (χ0) is 14.7. The first kappa shape index (κ1) is 16.0. The van der Waals surface area contributed by atoms with E-state index in [-0.39, 0.29) is 10.7 Å². The van der Waals surface area contributed by atoms with E-state index in [1.165, 1.54) is 0 Å².